The van der Waals surface area contributed by atoms with E-state index < -0.39 is 12.1 Å². The van der Waals surface area contributed by atoms with Crippen LogP contribution in [0, 0.1) is 5.92 Å². The summed E-state index contributed by atoms with van der Waals surface area (Å²) in [6.07, 6.45) is 25.6. The van der Waals surface area contributed by atoms with Gasteiger partial charge in [0.1, 0.15) is 0 Å². The van der Waals surface area contributed by atoms with Crippen LogP contribution in [0.25, 0.3) is 0 Å². The summed E-state index contributed by atoms with van der Waals surface area (Å²) in [4.78, 5) is 10.4. The minimum atomic E-state index is -0.651. The molecule has 3 N–H and O–H groups in total. The number of aliphatic hydroxyl groups excluding tert-OH is 2. The van der Waals surface area contributed by atoms with Gasteiger partial charge in [0.05, 0.1) is 12.7 Å². The van der Waals surface area contributed by atoms with Gasteiger partial charge in [-0.05, 0) is 12.3 Å². The van der Waals surface area contributed by atoms with Gasteiger partial charge in [-0.1, -0.05) is 136 Å². The Kier molecular flexibility index (Phi) is 28.8. The number of hydrogen-bond acceptors (Lipinski definition) is 3. The number of aliphatic hydroxyl groups is 2. The van der Waals surface area contributed by atoms with E-state index in [0.29, 0.717) is 6.42 Å². The summed E-state index contributed by atoms with van der Waals surface area (Å²) in [6, 6.07) is 0. The first-order valence-corrected chi connectivity index (χ1v) is 13.5. The molecule has 0 aromatic carbocycles. The average Bonchev–Trinajstić information content (AvgIpc) is 2.75. The molecule has 0 saturated heterocycles. The minimum Gasteiger partial charge on any atom is -0.481 e. The summed E-state index contributed by atoms with van der Waals surface area (Å²) in [5, 5.41) is 25.5. The third-order valence-electron chi connectivity index (χ3n) is 5.95. The molecular formula is C27H56O4. The monoisotopic (exact) mass is 444 g/mol. The highest BCUT2D eigenvalue weighted by molar-refractivity contribution is 5.66. The molecule has 1 unspecified atom stereocenters. The van der Waals surface area contributed by atoms with Crippen molar-refractivity contribution >= 4 is 5.97 Å². The van der Waals surface area contributed by atoms with Gasteiger partial charge in [-0.3, -0.25) is 4.79 Å². The lowest BCUT2D eigenvalue weighted by molar-refractivity contribution is -0.137. The van der Waals surface area contributed by atoms with Crippen LogP contribution in [0.4, 0.5) is 0 Å². The molecule has 0 bridgehead atoms. The number of unbranched alkanes of at least 4 members (excludes halogenated alkanes) is 18. The maximum atomic E-state index is 10.4. The van der Waals surface area contributed by atoms with Crippen molar-refractivity contribution in [2.24, 2.45) is 5.92 Å². The third-order valence-corrected chi connectivity index (χ3v) is 5.95. The van der Waals surface area contributed by atoms with E-state index >= 15 is 0 Å². The van der Waals surface area contributed by atoms with Crippen LogP contribution in [0.5, 0.6) is 0 Å². The summed E-state index contributed by atoms with van der Waals surface area (Å²) in [6.45, 7) is 5.88. The van der Waals surface area contributed by atoms with Crippen molar-refractivity contribution in [2.45, 2.75) is 155 Å². The molecule has 0 amide bonds. The Bertz CT molecular complexity index is 344. The van der Waals surface area contributed by atoms with E-state index in [1.165, 1.54) is 109 Å². The summed E-state index contributed by atoms with van der Waals surface area (Å²) in [5.41, 5.74) is 0. The fourth-order valence-electron chi connectivity index (χ4n) is 3.57. The van der Waals surface area contributed by atoms with Gasteiger partial charge in [-0.25, -0.2) is 0 Å². The summed E-state index contributed by atoms with van der Waals surface area (Å²) < 4.78 is 0. The predicted molar refractivity (Wildman–Crippen MR) is 134 cm³/mol. The van der Waals surface area contributed by atoms with E-state index in [2.05, 4.69) is 6.92 Å². The Balaban J connectivity index is 0. The Morgan fingerprint density at radius 3 is 1.10 bits per heavy atom. The van der Waals surface area contributed by atoms with Gasteiger partial charge < -0.3 is 15.3 Å². The third kappa shape index (κ3) is 31.7. The molecule has 0 aromatic rings. The number of carboxylic acids is 1. The first-order valence-electron chi connectivity index (χ1n) is 13.5. The molecule has 0 heterocycles. The number of carboxylic acid groups (broad SMARTS) is 1. The van der Waals surface area contributed by atoms with Crippen molar-refractivity contribution in [1.29, 1.82) is 0 Å². The van der Waals surface area contributed by atoms with E-state index in [1.807, 2.05) is 13.8 Å². The molecule has 188 valence electrons. The van der Waals surface area contributed by atoms with Gasteiger partial charge in [0, 0.05) is 6.42 Å². The van der Waals surface area contributed by atoms with Crippen LogP contribution in [-0.4, -0.2) is 34.0 Å². The Morgan fingerprint density at radius 1 is 0.613 bits per heavy atom. The molecule has 0 saturated carbocycles. The second-order valence-corrected chi connectivity index (χ2v) is 9.50. The quantitative estimate of drug-likeness (QED) is 0.148. The second-order valence-electron chi connectivity index (χ2n) is 9.50. The molecular weight excluding hydrogens is 388 g/mol. The lowest BCUT2D eigenvalue weighted by Crippen LogP contribution is -2.18. The van der Waals surface area contributed by atoms with Gasteiger partial charge >= 0.3 is 5.97 Å². The highest BCUT2D eigenvalue weighted by Gasteiger charge is 2.04. The maximum Gasteiger partial charge on any atom is 0.303 e. The van der Waals surface area contributed by atoms with Gasteiger partial charge in [0.25, 0.3) is 0 Å². The standard InChI is InChI=1S/C22H44O2.C5H12O2/c1-2-3-4-5-6-7-8-9-10-11-12-13-14-15-16-17-18-19-20-21-22(23)24;1-4(2)5(7)3-6/h2-21H2,1H3,(H,23,24);4-7H,3H2,1-2H3. The summed E-state index contributed by atoms with van der Waals surface area (Å²) in [7, 11) is 0. The maximum absolute atomic E-state index is 10.4. The number of hydrogen-bond donors (Lipinski definition) is 3. The van der Waals surface area contributed by atoms with E-state index in [4.69, 9.17) is 15.3 Å². The number of aliphatic carboxylic acids is 1. The number of rotatable bonds is 22. The zero-order chi connectivity index (χ0) is 23.6. The molecule has 0 rings (SSSR count). The van der Waals surface area contributed by atoms with E-state index in [1.54, 1.807) is 0 Å². The van der Waals surface area contributed by atoms with Crippen molar-refractivity contribution in [3.63, 3.8) is 0 Å². The molecule has 0 aliphatic heterocycles. The van der Waals surface area contributed by atoms with Crippen LogP contribution in [0.15, 0.2) is 0 Å². The lowest BCUT2D eigenvalue weighted by atomic mass is 10.0. The fraction of sp³-hybridized carbons (Fsp3) is 0.963. The fourth-order valence-corrected chi connectivity index (χ4v) is 3.57. The molecule has 1 atom stereocenters. The number of carbonyl (C=O) groups is 1. The highest BCUT2D eigenvalue weighted by atomic mass is 16.4. The van der Waals surface area contributed by atoms with E-state index in [9.17, 15) is 4.79 Å². The largest absolute Gasteiger partial charge is 0.481 e. The first-order chi connectivity index (χ1) is 15.0. The molecule has 31 heavy (non-hydrogen) atoms. The average molecular weight is 445 g/mol. The molecule has 0 aliphatic carbocycles. The van der Waals surface area contributed by atoms with Crippen molar-refractivity contribution < 1.29 is 20.1 Å². The predicted octanol–water partition coefficient (Wildman–Crippen LogP) is 7.89. The Morgan fingerprint density at radius 2 is 0.903 bits per heavy atom. The molecule has 0 aliphatic rings. The van der Waals surface area contributed by atoms with E-state index in [0.717, 1.165) is 12.8 Å². The van der Waals surface area contributed by atoms with Crippen molar-refractivity contribution in [3.8, 4) is 0 Å². The Hall–Kier alpha value is -0.610. The van der Waals surface area contributed by atoms with Crippen LogP contribution in [0.3, 0.4) is 0 Å². The first kappa shape index (κ1) is 32.6. The van der Waals surface area contributed by atoms with E-state index in [-0.39, 0.29) is 12.5 Å². The molecule has 0 spiro atoms. The van der Waals surface area contributed by atoms with Crippen LogP contribution >= 0.6 is 0 Å². The van der Waals surface area contributed by atoms with Gasteiger partial charge in [0.2, 0.25) is 0 Å². The zero-order valence-electron chi connectivity index (χ0n) is 21.3. The SMILES string of the molecule is CC(C)C(O)CO.CCCCCCCCCCCCCCCCCCCCCC(=O)O. The van der Waals surface area contributed by atoms with Gasteiger partial charge in [0.15, 0.2) is 0 Å². The van der Waals surface area contributed by atoms with Crippen LogP contribution in [0.2, 0.25) is 0 Å². The van der Waals surface area contributed by atoms with Crippen LogP contribution < -0.4 is 0 Å². The zero-order valence-corrected chi connectivity index (χ0v) is 21.3. The van der Waals surface area contributed by atoms with Crippen molar-refractivity contribution in [1.82, 2.24) is 0 Å². The topological polar surface area (TPSA) is 77.8 Å². The van der Waals surface area contributed by atoms with Crippen LogP contribution in [0.1, 0.15) is 149 Å². The van der Waals surface area contributed by atoms with Crippen molar-refractivity contribution in [2.75, 3.05) is 6.61 Å². The smallest absolute Gasteiger partial charge is 0.303 e. The van der Waals surface area contributed by atoms with Gasteiger partial charge in [-0.2, -0.15) is 0 Å². The molecule has 4 heteroatoms. The van der Waals surface area contributed by atoms with Gasteiger partial charge in [-0.15, -0.1) is 0 Å². The highest BCUT2D eigenvalue weighted by Crippen LogP contribution is 2.14. The second kappa shape index (κ2) is 27.4. The molecule has 4 nitrogen and oxygen atoms in total. The molecule has 0 aromatic heterocycles. The normalized spacial score (nSPS) is 11.9. The van der Waals surface area contributed by atoms with Crippen LogP contribution in [-0.2, 0) is 4.79 Å². The molecule has 0 radical (unpaired) electrons. The molecule has 0 fully saturated rings. The minimum absolute atomic E-state index is 0.127. The Labute approximate surface area is 194 Å². The lowest BCUT2D eigenvalue weighted by Gasteiger charge is -2.08. The summed E-state index contributed by atoms with van der Waals surface area (Å²) >= 11 is 0. The van der Waals surface area contributed by atoms with Crippen molar-refractivity contribution in [3.05, 3.63) is 0 Å². The summed E-state index contributed by atoms with van der Waals surface area (Å²) in [5.74, 6) is -0.480.